The summed E-state index contributed by atoms with van der Waals surface area (Å²) in [4.78, 5) is 14.5. The highest BCUT2D eigenvalue weighted by Crippen LogP contribution is 2.36. The molecule has 0 aromatic carbocycles. The van der Waals surface area contributed by atoms with Crippen molar-refractivity contribution >= 4 is 5.91 Å². The molecule has 1 N–H and O–H groups in total. The second kappa shape index (κ2) is 6.74. The van der Waals surface area contributed by atoms with Gasteiger partial charge in [-0.25, -0.2) is 0 Å². The summed E-state index contributed by atoms with van der Waals surface area (Å²) in [6.45, 7) is 11.2. The molecule has 0 bridgehead atoms. The topological polar surface area (TPSA) is 32.3 Å². The van der Waals surface area contributed by atoms with Gasteiger partial charge in [0.2, 0.25) is 5.91 Å². The van der Waals surface area contributed by atoms with E-state index in [9.17, 15) is 4.79 Å². The van der Waals surface area contributed by atoms with Crippen molar-refractivity contribution in [3.05, 3.63) is 0 Å². The largest absolute Gasteiger partial charge is 0.356 e. The van der Waals surface area contributed by atoms with Crippen LogP contribution in [0.15, 0.2) is 0 Å². The van der Waals surface area contributed by atoms with Gasteiger partial charge in [-0.3, -0.25) is 4.79 Å². The number of carbonyl (C=O) groups is 1. The third kappa shape index (κ3) is 4.79. The van der Waals surface area contributed by atoms with Crippen molar-refractivity contribution in [1.29, 1.82) is 0 Å². The van der Waals surface area contributed by atoms with Gasteiger partial charge >= 0.3 is 0 Å². The van der Waals surface area contributed by atoms with E-state index < -0.39 is 0 Å². The van der Waals surface area contributed by atoms with E-state index in [1.54, 1.807) is 0 Å². The molecule has 1 heterocycles. The Morgan fingerprint density at radius 1 is 1.16 bits per heavy atom. The first-order valence-electron chi connectivity index (χ1n) is 8.06. The predicted octanol–water partition coefficient (Wildman–Crippen LogP) is 2.52. The van der Waals surface area contributed by atoms with Gasteiger partial charge in [0, 0.05) is 19.0 Å². The molecule has 0 spiro atoms. The summed E-state index contributed by atoms with van der Waals surface area (Å²) in [5.41, 5.74) is 0. The minimum Gasteiger partial charge on any atom is -0.356 e. The number of piperidine rings is 1. The van der Waals surface area contributed by atoms with Gasteiger partial charge in [-0.05, 0) is 56.5 Å². The van der Waals surface area contributed by atoms with Crippen LogP contribution in [0.25, 0.3) is 0 Å². The molecule has 1 amide bonds. The first-order valence-corrected chi connectivity index (χ1v) is 8.06. The maximum atomic E-state index is 12.0. The highest BCUT2D eigenvalue weighted by atomic mass is 16.1. The molecule has 1 aliphatic heterocycles. The first-order chi connectivity index (χ1) is 9.06. The number of likely N-dealkylation sites (tertiary alicyclic amines) is 1. The second-order valence-electron chi connectivity index (χ2n) is 7.01. The van der Waals surface area contributed by atoms with Crippen molar-refractivity contribution < 1.29 is 4.79 Å². The van der Waals surface area contributed by atoms with Crippen molar-refractivity contribution in [2.75, 3.05) is 26.2 Å². The van der Waals surface area contributed by atoms with Gasteiger partial charge in [0.1, 0.15) is 0 Å². The minimum atomic E-state index is 0.237. The van der Waals surface area contributed by atoms with E-state index in [-0.39, 0.29) is 11.8 Å². The number of hydrogen-bond acceptors (Lipinski definition) is 2. The smallest absolute Gasteiger partial charge is 0.223 e. The Morgan fingerprint density at radius 2 is 1.79 bits per heavy atom. The molecule has 1 atom stereocenters. The Bertz CT molecular complexity index is 291. The van der Waals surface area contributed by atoms with E-state index in [0.29, 0.717) is 11.8 Å². The van der Waals surface area contributed by atoms with Crippen LogP contribution < -0.4 is 5.32 Å². The summed E-state index contributed by atoms with van der Waals surface area (Å²) in [7, 11) is 0. The lowest BCUT2D eigenvalue weighted by Crippen LogP contribution is -2.41. The van der Waals surface area contributed by atoms with Gasteiger partial charge in [-0.2, -0.15) is 0 Å². The van der Waals surface area contributed by atoms with E-state index in [4.69, 9.17) is 0 Å². The van der Waals surface area contributed by atoms with Crippen LogP contribution in [0.1, 0.15) is 46.5 Å². The molecule has 2 rings (SSSR count). The van der Waals surface area contributed by atoms with Crippen molar-refractivity contribution in [2.45, 2.75) is 46.5 Å². The zero-order valence-corrected chi connectivity index (χ0v) is 12.8. The maximum Gasteiger partial charge on any atom is 0.223 e. The molecule has 2 aliphatic rings. The van der Waals surface area contributed by atoms with Crippen molar-refractivity contribution in [2.24, 2.45) is 23.7 Å². The lowest BCUT2D eigenvalue weighted by Gasteiger charge is -2.33. The summed E-state index contributed by atoms with van der Waals surface area (Å²) in [6, 6.07) is 0. The van der Waals surface area contributed by atoms with E-state index in [1.165, 1.54) is 45.3 Å². The fraction of sp³-hybridized carbons (Fsp3) is 0.938. The Morgan fingerprint density at radius 3 is 2.32 bits per heavy atom. The molecule has 3 nitrogen and oxygen atoms in total. The summed E-state index contributed by atoms with van der Waals surface area (Å²) < 4.78 is 0. The molecule has 1 aliphatic carbocycles. The maximum absolute atomic E-state index is 12.0. The van der Waals surface area contributed by atoms with Crippen molar-refractivity contribution in [1.82, 2.24) is 10.2 Å². The van der Waals surface area contributed by atoms with Gasteiger partial charge < -0.3 is 10.2 Å². The number of nitrogens with zero attached hydrogens (tertiary/aromatic N) is 1. The van der Waals surface area contributed by atoms with Crippen LogP contribution in [0.3, 0.4) is 0 Å². The van der Waals surface area contributed by atoms with Crippen LogP contribution >= 0.6 is 0 Å². The van der Waals surface area contributed by atoms with Gasteiger partial charge in [0.05, 0.1) is 0 Å². The average Bonchev–Trinajstić information content (AvgIpc) is 3.20. The van der Waals surface area contributed by atoms with E-state index >= 15 is 0 Å². The zero-order chi connectivity index (χ0) is 13.8. The second-order valence-corrected chi connectivity index (χ2v) is 7.01. The summed E-state index contributed by atoms with van der Waals surface area (Å²) in [6.07, 6.45) is 4.99. The van der Waals surface area contributed by atoms with Gasteiger partial charge in [-0.15, -0.1) is 0 Å². The molecule has 110 valence electrons. The fourth-order valence-corrected chi connectivity index (χ4v) is 3.11. The highest BCUT2D eigenvalue weighted by molar-refractivity contribution is 5.78. The van der Waals surface area contributed by atoms with Crippen LogP contribution in [-0.2, 0) is 4.79 Å². The van der Waals surface area contributed by atoms with Crippen molar-refractivity contribution in [3.8, 4) is 0 Å². The highest BCUT2D eigenvalue weighted by Gasteiger charge is 2.32. The molecule has 0 aromatic rings. The monoisotopic (exact) mass is 266 g/mol. The number of amides is 1. The summed E-state index contributed by atoms with van der Waals surface area (Å²) in [5.74, 6) is 2.65. The molecule has 1 saturated carbocycles. The van der Waals surface area contributed by atoms with E-state index in [0.717, 1.165) is 12.5 Å². The summed E-state index contributed by atoms with van der Waals surface area (Å²) >= 11 is 0. The minimum absolute atomic E-state index is 0.237. The van der Waals surface area contributed by atoms with E-state index in [2.05, 4.69) is 31.0 Å². The average molecular weight is 266 g/mol. The lowest BCUT2D eigenvalue weighted by atomic mass is 9.95. The molecule has 3 heteroatoms. The molecule has 2 fully saturated rings. The Kier molecular flexibility index (Phi) is 5.26. The molecular formula is C16H30N2O. The molecule has 19 heavy (non-hydrogen) atoms. The first kappa shape index (κ1) is 14.8. The van der Waals surface area contributed by atoms with Crippen molar-refractivity contribution in [3.63, 3.8) is 0 Å². The van der Waals surface area contributed by atoms with Crippen LogP contribution in [-0.4, -0.2) is 37.0 Å². The van der Waals surface area contributed by atoms with Crippen LogP contribution in [0.4, 0.5) is 0 Å². The number of hydrogen-bond donors (Lipinski definition) is 1. The molecular weight excluding hydrogens is 236 g/mol. The Balaban J connectivity index is 1.61. The zero-order valence-electron chi connectivity index (χ0n) is 12.8. The fourth-order valence-electron chi connectivity index (χ4n) is 3.11. The Hall–Kier alpha value is -0.570. The van der Waals surface area contributed by atoms with Crippen LogP contribution in [0.5, 0.6) is 0 Å². The Labute approximate surface area is 118 Å². The normalized spacial score (nSPS) is 23.6. The van der Waals surface area contributed by atoms with Crippen LogP contribution in [0, 0.1) is 23.7 Å². The third-order valence-electron chi connectivity index (χ3n) is 4.64. The van der Waals surface area contributed by atoms with Crippen LogP contribution in [0.2, 0.25) is 0 Å². The number of rotatable bonds is 6. The SMILES string of the molecule is CC(C)CN1CCC(CNC(=O)C(C)C2CC2)CC1. The molecule has 1 saturated heterocycles. The quantitative estimate of drug-likeness (QED) is 0.801. The third-order valence-corrected chi connectivity index (χ3v) is 4.64. The van der Waals surface area contributed by atoms with Gasteiger partial charge in [-0.1, -0.05) is 20.8 Å². The van der Waals surface area contributed by atoms with E-state index in [1.807, 2.05) is 0 Å². The van der Waals surface area contributed by atoms with Gasteiger partial charge in [0.25, 0.3) is 0 Å². The lowest BCUT2D eigenvalue weighted by molar-refractivity contribution is -0.125. The molecule has 0 radical (unpaired) electrons. The number of carbonyl (C=O) groups excluding carboxylic acids is 1. The standard InChI is InChI=1S/C16H30N2O/c1-12(2)11-18-8-6-14(7-9-18)10-17-16(19)13(3)15-4-5-15/h12-15H,4-11H2,1-3H3,(H,17,19). The molecule has 1 unspecified atom stereocenters. The van der Waals surface area contributed by atoms with Gasteiger partial charge in [0.15, 0.2) is 0 Å². The summed E-state index contributed by atoms with van der Waals surface area (Å²) in [5, 5.41) is 3.17. The molecule has 0 aromatic heterocycles. The predicted molar refractivity (Wildman–Crippen MR) is 78.9 cm³/mol. The number of nitrogens with one attached hydrogen (secondary N) is 1.